The van der Waals surface area contributed by atoms with Crippen molar-refractivity contribution in [2.24, 2.45) is 0 Å². The Bertz CT molecular complexity index is 538. The van der Waals surface area contributed by atoms with Gasteiger partial charge in [-0.25, -0.2) is 0 Å². The lowest BCUT2D eigenvalue weighted by Crippen LogP contribution is -2.49. The summed E-state index contributed by atoms with van der Waals surface area (Å²) in [5.41, 5.74) is 0.448. The Balaban J connectivity index is 1.62. The first-order valence-corrected chi connectivity index (χ1v) is 7.88. The number of ether oxygens (including phenoxy) is 2. The van der Waals surface area contributed by atoms with Gasteiger partial charge >= 0.3 is 0 Å². The zero-order chi connectivity index (χ0) is 14.8. The highest BCUT2D eigenvalue weighted by atomic mass is 35.5. The van der Waals surface area contributed by atoms with E-state index in [-0.39, 0.29) is 24.2 Å². The predicted molar refractivity (Wildman–Crippen MR) is 81.0 cm³/mol. The lowest BCUT2D eigenvalue weighted by atomic mass is 9.89. The molecule has 21 heavy (non-hydrogen) atoms. The highest BCUT2D eigenvalue weighted by Gasteiger charge is 2.34. The number of carbonyl (C=O) groups excluding carboxylic acids is 1. The largest absolute Gasteiger partial charge is 0.373 e. The van der Waals surface area contributed by atoms with Gasteiger partial charge in [0.15, 0.2) is 0 Å². The van der Waals surface area contributed by atoms with Crippen LogP contribution in [0.3, 0.4) is 0 Å². The van der Waals surface area contributed by atoms with Gasteiger partial charge in [-0.2, -0.15) is 0 Å². The smallest absolute Gasteiger partial charge is 0.253 e. The summed E-state index contributed by atoms with van der Waals surface area (Å²) in [5.74, 6) is -0.170. The average molecular weight is 330 g/mol. The zero-order valence-corrected chi connectivity index (χ0v) is 13.0. The van der Waals surface area contributed by atoms with E-state index in [0.717, 1.165) is 19.3 Å². The maximum atomic E-state index is 12.3. The molecule has 1 aliphatic heterocycles. The fourth-order valence-corrected chi connectivity index (χ4v) is 3.43. The molecule has 0 radical (unpaired) electrons. The molecule has 1 aromatic carbocycles. The van der Waals surface area contributed by atoms with Crippen LogP contribution in [0, 0.1) is 0 Å². The van der Waals surface area contributed by atoms with Gasteiger partial charge in [-0.05, 0) is 37.5 Å². The zero-order valence-electron chi connectivity index (χ0n) is 11.5. The molecule has 2 aliphatic rings. The first-order chi connectivity index (χ1) is 10.1. The Morgan fingerprint density at radius 3 is 2.67 bits per heavy atom. The molecular weight excluding hydrogens is 313 g/mol. The third-order valence-corrected chi connectivity index (χ3v) is 4.54. The van der Waals surface area contributed by atoms with Crippen LogP contribution < -0.4 is 5.32 Å². The van der Waals surface area contributed by atoms with Crippen molar-refractivity contribution in [1.29, 1.82) is 0 Å². The maximum absolute atomic E-state index is 12.3. The van der Waals surface area contributed by atoms with Gasteiger partial charge in [0.25, 0.3) is 5.91 Å². The summed E-state index contributed by atoms with van der Waals surface area (Å²) in [6, 6.07) is 4.98. The normalized spacial score (nSPS) is 28.8. The number of amides is 1. The van der Waals surface area contributed by atoms with Crippen LogP contribution in [0.1, 0.15) is 29.6 Å². The van der Waals surface area contributed by atoms with Crippen molar-refractivity contribution in [2.75, 3.05) is 13.2 Å². The number of rotatable bonds is 2. The van der Waals surface area contributed by atoms with Gasteiger partial charge in [-0.1, -0.05) is 23.2 Å². The van der Waals surface area contributed by atoms with Crippen LogP contribution in [-0.2, 0) is 9.47 Å². The molecule has 2 fully saturated rings. The van der Waals surface area contributed by atoms with Crippen LogP contribution in [0.2, 0.25) is 10.0 Å². The molecule has 1 saturated heterocycles. The monoisotopic (exact) mass is 329 g/mol. The van der Waals surface area contributed by atoms with Crippen molar-refractivity contribution in [3.05, 3.63) is 33.8 Å². The number of hydrogen-bond acceptors (Lipinski definition) is 3. The Morgan fingerprint density at radius 1 is 1.14 bits per heavy atom. The van der Waals surface area contributed by atoms with Crippen LogP contribution in [0.15, 0.2) is 18.2 Å². The predicted octanol–water partition coefficient (Wildman–Crippen LogP) is 3.06. The molecule has 114 valence electrons. The first kappa shape index (κ1) is 15.1. The van der Waals surface area contributed by atoms with E-state index in [4.69, 9.17) is 32.7 Å². The van der Waals surface area contributed by atoms with Gasteiger partial charge in [-0.3, -0.25) is 4.79 Å². The van der Waals surface area contributed by atoms with Crippen molar-refractivity contribution in [3.63, 3.8) is 0 Å². The summed E-state index contributed by atoms with van der Waals surface area (Å²) in [6.07, 6.45) is 2.83. The molecule has 6 heteroatoms. The lowest BCUT2D eigenvalue weighted by Gasteiger charge is -2.39. The molecule has 1 N–H and O–H groups in total. The van der Waals surface area contributed by atoms with Gasteiger partial charge < -0.3 is 14.8 Å². The number of fused-ring (bicyclic) bond motifs is 1. The minimum Gasteiger partial charge on any atom is -0.373 e. The average Bonchev–Trinajstić information content (AvgIpc) is 2.47. The molecule has 1 aromatic rings. The molecule has 1 saturated carbocycles. The molecule has 1 amide bonds. The minimum absolute atomic E-state index is 0.0819. The number of hydrogen-bond donors (Lipinski definition) is 1. The Kier molecular flexibility index (Phi) is 4.69. The topological polar surface area (TPSA) is 47.6 Å². The van der Waals surface area contributed by atoms with E-state index in [2.05, 4.69) is 5.32 Å². The molecule has 4 nitrogen and oxygen atoms in total. The number of halogens is 2. The van der Waals surface area contributed by atoms with E-state index < -0.39 is 0 Å². The lowest BCUT2D eigenvalue weighted by molar-refractivity contribution is -0.157. The molecule has 1 aliphatic carbocycles. The Morgan fingerprint density at radius 2 is 1.90 bits per heavy atom. The summed E-state index contributed by atoms with van der Waals surface area (Å²) in [6.45, 7) is 1.30. The van der Waals surface area contributed by atoms with Crippen molar-refractivity contribution in [2.45, 2.75) is 37.5 Å². The van der Waals surface area contributed by atoms with E-state index in [1.807, 2.05) is 0 Å². The molecule has 0 bridgehead atoms. The summed E-state index contributed by atoms with van der Waals surface area (Å²) in [5, 5.41) is 3.91. The fourth-order valence-electron chi connectivity index (χ4n) is 2.93. The highest BCUT2D eigenvalue weighted by molar-refractivity contribution is 6.36. The van der Waals surface area contributed by atoms with Gasteiger partial charge in [0, 0.05) is 11.1 Å². The highest BCUT2D eigenvalue weighted by Crippen LogP contribution is 2.27. The number of nitrogens with one attached hydrogen (secondary N) is 1. The van der Waals surface area contributed by atoms with E-state index >= 15 is 0 Å². The van der Waals surface area contributed by atoms with Crippen LogP contribution in [-0.4, -0.2) is 37.4 Å². The van der Waals surface area contributed by atoms with Gasteiger partial charge in [0.2, 0.25) is 0 Å². The van der Waals surface area contributed by atoms with Crippen LogP contribution in [0.25, 0.3) is 0 Å². The van der Waals surface area contributed by atoms with Crippen LogP contribution >= 0.6 is 23.2 Å². The second-order valence-corrected chi connectivity index (χ2v) is 6.27. The van der Waals surface area contributed by atoms with Crippen molar-refractivity contribution >= 4 is 29.1 Å². The van der Waals surface area contributed by atoms with Crippen molar-refractivity contribution < 1.29 is 14.3 Å². The number of benzene rings is 1. The molecule has 3 unspecified atom stereocenters. The van der Waals surface area contributed by atoms with Crippen molar-refractivity contribution in [3.8, 4) is 0 Å². The molecule has 0 aromatic heterocycles. The second kappa shape index (κ2) is 6.53. The molecule has 3 rings (SSSR count). The van der Waals surface area contributed by atoms with Crippen LogP contribution in [0.4, 0.5) is 0 Å². The first-order valence-electron chi connectivity index (χ1n) is 7.12. The van der Waals surface area contributed by atoms with Crippen LogP contribution in [0.5, 0.6) is 0 Å². The second-order valence-electron chi connectivity index (χ2n) is 5.43. The standard InChI is InChI=1S/C15H17Cl2NO3/c16-9-1-3-11(12(17)7-9)15(19)18-10-2-4-13-14(8-10)21-6-5-20-13/h1,3,7,10,13-14H,2,4-6,8H2,(H,18,19). The maximum Gasteiger partial charge on any atom is 0.253 e. The van der Waals surface area contributed by atoms with E-state index in [0.29, 0.717) is 28.8 Å². The van der Waals surface area contributed by atoms with Gasteiger partial charge in [0.1, 0.15) is 0 Å². The third-order valence-electron chi connectivity index (χ3n) is 3.99. The van der Waals surface area contributed by atoms with E-state index in [1.165, 1.54) is 0 Å². The fraction of sp³-hybridized carbons (Fsp3) is 0.533. The quantitative estimate of drug-likeness (QED) is 0.907. The molecule has 3 atom stereocenters. The Hall–Kier alpha value is -0.810. The van der Waals surface area contributed by atoms with E-state index in [9.17, 15) is 4.79 Å². The van der Waals surface area contributed by atoms with Crippen molar-refractivity contribution in [1.82, 2.24) is 5.32 Å². The summed E-state index contributed by atoms with van der Waals surface area (Å²) in [7, 11) is 0. The molecular formula is C15H17Cl2NO3. The minimum atomic E-state index is -0.170. The van der Waals surface area contributed by atoms with E-state index in [1.54, 1.807) is 18.2 Å². The molecule has 1 heterocycles. The summed E-state index contributed by atoms with van der Waals surface area (Å²) >= 11 is 11.9. The Labute approximate surface area is 133 Å². The molecule has 0 spiro atoms. The number of carbonyl (C=O) groups is 1. The van der Waals surface area contributed by atoms with Gasteiger partial charge in [-0.15, -0.1) is 0 Å². The van der Waals surface area contributed by atoms with Gasteiger partial charge in [0.05, 0.1) is 36.0 Å². The third kappa shape index (κ3) is 3.51. The SMILES string of the molecule is O=C(NC1CCC2OCCOC2C1)c1ccc(Cl)cc1Cl. The summed E-state index contributed by atoms with van der Waals surface area (Å²) in [4.78, 5) is 12.3. The summed E-state index contributed by atoms with van der Waals surface area (Å²) < 4.78 is 11.4.